The van der Waals surface area contributed by atoms with Crippen LogP contribution in [0.3, 0.4) is 0 Å². The highest BCUT2D eigenvalue weighted by Gasteiger charge is 2.25. The van der Waals surface area contributed by atoms with Crippen molar-refractivity contribution in [2.75, 3.05) is 11.9 Å². The highest BCUT2D eigenvalue weighted by atomic mass is 35.5. The number of nitrogens with one attached hydrogen (secondary N) is 1. The molecule has 0 saturated heterocycles. The van der Waals surface area contributed by atoms with E-state index < -0.39 is 5.60 Å². The van der Waals surface area contributed by atoms with Crippen LogP contribution >= 0.6 is 11.6 Å². The van der Waals surface area contributed by atoms with Crippen LogP contribution in [0.4, 0.5) is 16.2 Å². The van der Waals surface area contributed by atoms with Gasteiger partial charge in [0.15, 0.2) is 0 Å². The molecule has 1 aliphatic heterocycles. The Labute approximate surface area is 160 Å². The predicted octanol–water partition coefficient (Wildman–Crippen LogP) is 5.69. The van der Waals surface area contributed by atoms with Crippen molar-refractivity contribution in [2.24, 2.45) is 0 Å². The molecule has 5 heteroatoms. The molecule has 1 heterocycles. The fourth-order valence-corrected chi connectivity index (χ4v) is 3.17. The summed E-state index contributed by atoms with van der Waals surface area (Å²) < 4.78 is 5.48. The lowest BCUT2D eigenvalue weighted by atomic mass is 9.99. The van der Waals surface area contributed by atoms with Gasteiger partial charge in [-0.3, -0.25) is 0 Å². The summed E-state index contributed by atoms with van der Waals surface area (Å²) in [4.78, 5) is 14.0. The summed E-state index contributed by atoms with van der Waals surface area (Å²) in [6.45, 7) is 8.97. The van der Waals surface area contributed by atoms with Gasteiger partial charge in [0.2, 0.25) is 0 Å². The van der Waals surface area contributed by atoms with Gasteiger partial charge < -0.3 is 15.0 Å². The Morgan fingerprint density at radius 1 is 1.15 bits per heavy atom. The van der Waals surface area contributed by atoms with Gasteiger partial charge >= 0.3 is 6.09 Å². The number of aryl methyl sites for hydroxylation is 1. The predicted molar refractivity (Wildman–Crippen MR) is 106 cm³/mol. The monoisotopic (exact) mass is 372 g/mol. The number of anilines is 2. The molecule has 0 unspecified atom stereocenters. The van der Waals surface area contributed by atoms with Crippen LogP contribution in [0.1, 0.15) is 37.5 Å². The zero-order valence-corrected chi connectivity index (χ0v) is 16.5. The SMILES string of the molecule is Cc1ccc(Cl)cc1Nc1ccc2c(c1)CCN(C(=O)OC(C)(C)C)C2. The van der Waals surface area contributed by atoms with Crippen LogP contribution in [0, 0.1) is 6.92 Å². The number of benzene rings is 2. The first-order valence-electron chi connectivity index (χ1n) is 8.84. The van der Waals surface area contributed by atoms with Crippen molar-refractivity contribution in [3.8, 4) is 0 Å². The highest BCUT2D eigenvalue weighted by molar-refractivity contribution is 6.30. The maximum absolute atomic E-state index is 12.3. The first-order chi connectivity index (χ1) is 12.2. The molecule has 1 aliphatic rings. The third kappa shape index (κ3) is 4.50. The van der Waals surface area contributed by atoms with Crippen LogP contribution in [0.25, 0.3) is 0 Å². The Morgan fingerprint density at radius 2 is 1.92 bits per heavy atom. The van der Waals surface area contributed by atoms with Crippen molar-refractivity contribution in [3.63, 3.8) is 0 Å². The van der Waals surface area contributed by atoms with Crippen LogP contribution in [0.15, 0.2) is 36.4 Å². The second kappa shape index (κ2) is 7.20. The maximum atomic E-state index is 12.3. The van der Waals surface area contributed by atoms with Gasteiger partial charge in [0.1, 0.15) is 5.60 Å². The average molecular weight is 373 g/mol. The number of halogens is 1. The number of amides is 1. The molecule has 3 rings (SSSR count). The van der Waals surface area contributed by atoms with Crippen LogP contribution in [-0.4, -0.2) is 23.1 Å². The third-order valence-corrected chi connectivity index (χ3v) is 4.58. The fourth-order valence-electron chi connectivity index (χ4n) is 3.00. The molecule has 0 aromatic heterocycles. The Balaban J connectivity index is 1.73. The summed E-state index contributed by atoms with van der Waals surface area (Å²) >= 11 is 6.10. The Kier molecular flexibility index (Phi) is 5.15. The molecule has 2 aromatic carbocycles. The molecule has 1 amide bonds. The molecule has 4 nitrogen and oxygen atoms in total. The van der Waals surface area contributed by atoms with Gasteiger partial charge in [-0.05, 0) is 75.1 Å². The molecule has 0 bridgehead atoms. The molecule has 1 N–H and O–H groups in total. The Hall–Kier alpha value is -2.20. The minimum Gasteiger partial charge on any atom is -0.444 e. The number of rotatable bonds is 2. The van der Waals surface area contributed by atoms with E-state index in [0.29, 0.717) is 18.1 Å². The molecular weight excluding hydrogens is 348 g/mol. The average Bonchev–Trinajstić information content (AvgIpc) is 2.56. The second-order valence-electron chi connectivity index (χ2n) is 7.72. The van der Waals surface area contributed by atoms with Crippen molar-refractivity contribution in [2.45, 2.75) is 46.3 Å². The van der Waals surface area contributed by atoms with Gasteiger partial charge in [-0.25, -0.2) is 4.79 Å². The molecular formula is C21H25ClN2O2. The number of nitrogens with zero attached hydrogens (tertiary/aromatic N) is 1. The molecule has 0 atom stereocenters. The zero-order chi connectivity index (χ0) is 18.9. The van der Waals surface area contributed by atoms with Gasteiger partial charge in [-0.1, -0.05) is 23.7 Å². The highest BCUT2D eigenvalue weighted by Crippen LogP contribution is 2.28. The van der Waals surface area contributed by atoms with E-state index in [0.717, 1.165) is 28.9 Å². The summed E-state index contributed by atoms with van der Waals surface area (Å²) in [7, 11) is 0. The van der Waals surface area contributed by atoms with Gasteiger partial charge in [0.25, 0.3) is 0 Å². The summed E-state index contributed by atoms with van der Waals surface area (Å²) in [5.41, 5.74) is 5.12. The van der Waals surface area contributed by atoms with Crippen molar-refractivity contribution in [3.05, 3.63) is 58.1 Å². The van der Waals surface area contributed by atoms with Gasteiger partial charge in [-0.15, -0.1) is 0 Å². The molecule has 0 spiro atoms. The summed E-state index contributed by atoms with van der Waals surface area (Å²) in [6.07, 6.45) is 0.568. The van der Waals surface area contributed by atoms with E-state index in [1.807, 2.05) is 45.0 Å². The number of hydrogen-bond donors (Lipinski definition) is 1. The summed E-state index contributed by atoms with van der Waals surface area (Å²) in [6, 6.07) is 12.1. The standard InChI is InChI=1S/C21H25ClN2O2/c1-14-5-7-17(22)12-19(14)23-18-8-6-16-13-24(10-9-15(16)11-18)20(25)26-21(2,3)4/h5-8,11-12,23H,9-10,13H2,1-4H3. The van der Waals surface area contributed by atoms with Crippen molar-refractivity contribution < 1.29 is 9.53 Å². The number of fused-ring (bicyclic) bond motifs is 1. The van der Waals surface area contributed by atoms with Crippen LogP contribution < -0.4 is 5.32 Å². The molecule has 0 aliphatic carbocycles. The van der Waals surface area contributed by atoms with E-state index >= 15 is 0 Å². The molecule has 2 aromatic rings. The van der Waals surface area contributed by atoms with Crippen LogP contribution in [0.2, 0.25) is 5.02 Å². The van der Waals surface area contributed by atoms with Crippen molar-refractivity contribution in [1.82, 2.24) is 4.90 Å². The van der Waals surface area contributed by atoms with Gasteiger partial charge in [0, 0.05) is 29.5 Å². The fraction of sp³-hybridized carbons (Fsp3) is 0.381. The van der Waals surface area contributed by atoms with Gasteiger partial charge in [0.05, 0.1) is 0 Å². The number of carbonyl (C=O) groups is 1. The van der Waals surface area contributed by atoms with E-state index in [1.54, 1.807) is 4.90 Å². The number of carbonyl (C=O) groups excluding carboxylic acids is 1. The molecule has 0 saturated carbocycles. The van der Waals surface area contributed by atoms with Crippen molar-refractivity contribution >= 4 is 29.1 Å². The van der Waals surface area contributed by atoms with E-state index in [2.05, 4.69) is 24.4 Å². The van der Waals surface area contributed by atoms with E-state index in [9.17, 15) is 4.79 Å². The number of hydrogen-bond acceptors (Lipinski definition) is 3. The Bertz CT molecular complexity index is 827. The first kappa shape index (κ1) is 18.6. The van der Waals surface area contributed by atoms with E-state index in [-0.39, 0.29) is 6.09 Å². The van der Waals surface area contributed by atoms with Crippen LogP contribution in [-0.2, 0) is 17.7 Å². The first-order valence-corrected chi connectivity index (χ1v) is 9.22. The summed E-state index contributed by atoms with van der Waals surface area (Å²) in [5, 5.41) is 4.15. The largest absolute Gasteiger partial charge is 0.444 e. The molecule has 138 valence electrons. The van der Waals surface area contributed by atoms with E-state index in [1.165, 1.54) is 5.56 Å². The molecule has 0 fully saturated rings. The zero-order valence-electron chi connectivity index (χ0n) is 15.7. The lowest BCUT2D eigenvalue weighted by molar-refractivity contribution is 0.0224. The minimum atomic E-state index is -0.472. The smallest absolute Gasteiger partial charge is 0.410 e. The minimum absolute atomic E-state index is 0.250. The van der Waals surface area contributed by atoms with Gasteiger partial charge in [-0.2, -0.15) is 0 Å². The number of ether oxygens (including phenoxy) is 1. The lowest BCUT2D eigenvalue weighted by Crippen LogP contribution is -2.39. The van der Waals surface area contributed by atoms with Crippen LogP contribution in [0.5, 0.6) is 0 Å². The maximum Gasteiger partial charge on any atom is 0.410 e. The quantitative estimate of drug-likeness (QED) is 0.736. The normalized spacial score (nSPS) is 14.0. The lowest BCUT2D eigenvalue weighted by Gasteiger charge is -2.31. The topological polar surface area (TPSA) is 41.6 Å². The second-order valence-corrected chi connectivity index (χ2v) is 8.16. The molecule has 26 heavy (non-hydrogen) atoms. The molecule has 0 radical (unpaired) electrons. The van der Waals surface area contributed by atoms with E-state index in [4.69, 9.17) is 16.3 Å². The third-order valence-electron chi connectivity index (χ3n) is 4.35. The Morgan fingerprint density at radius 3 is 2.65 bits per heavy atom. The summed E-state index contributed by atoms with van der Waals surface area (Å²) in [5.74, 6) is 0. The van der Waals surface area contributed by atoms with Crippen molar-refractivity contribution in [1.29, 1.82) is 0 Å².